The smallest absolute Gasteiger partial charge is 0.416 e. The molecule has 3 rings (SSSR count). The van der Waals surface area contributed by atoms with Gasteiger partial charge in [-0.2, -0.15) is 13.2 Å². The molecule has 0 radical (unpaired) electrons. The van der Waals surface area contributed by atoms with Gasteiger partial charge in [-0.05, 0) is 79.2 Å². The van der Waals surface area contributed by atoms with Crippen LogP contribution in [0.15, 0.2) is 72.8 Å². The maximum absolute atomic E-state index is 12.6. The third-order valence-corrected chi connectivity index (χ3v) is 4.80. The second kappa shape index (κ2) is 11.4. The number of unbranched alkanes of at least 4 members (excludes halogenated alkanes) is 2. The average molecular weight is 472 g/mol. The lowest BCUT2D eigenvalue weighted by Gasteiger charge is -2.09. The van der Waals surface area contributed by atoms with Gasteiger partial charge in [0.2, 0.25) is 0 Å². The fourth-order valence-electron chi connectivity index (χ4n) is 2.93. The maximum Gasteiger partial charge on any atom is 0.416 e. The molecule has 0 bridgehead atoms. The standard InChI is InChI=1S/C26H23F3O5/c1-2-3-4-17-32-21-11-7-19(8-12-21)25(31)34-23-15-13-22(14-16-23)33-24(30)18-5-9-20(10-6-18)26(27,28)29/h5-16H,2-4,17H2,1H3. The Labute approximate surface area is 195 Å². The summed E-state index contributed by atoms with van der Waals surface area (Å²) in [5.74, 6) is -0.317. The first-order chi connectivity index (χ1) is 16.3. The molecule has 0 saturated carbocycles. The summed E-state index contributed by atoms with van der Waals surface area (Å²) in [5, 5.41) is 0. The van der Waals surface area contributed by atoms with Crippen LogP contribution in [0.3, 0.4) is 0 Å². The van der Waals surface area contributed by atoms with Gasteiger partial charge in [-0.3, -0.25) is 0 Å². The number of hydrogen-bond acceptors (Lipinski definition) is 5. The molecule has 0 spiro atoms. The predicted octanol–water partition coefficient (Wildman–Crippen LogP) is 6.71. The van der Waals surface area contributed by atoms with E-state index >= 15 is 0 Å². The molecule has 0 unspecified atom stereocenters. The van der Waals surface area contributed by atoms with Crippen LogP contribution in [0, 0.1) is 0 Å². The molecule has 0 amide bonds. The summed E-state index contributed by atoms with van der Waals surface area (Å²) in [7, 11) is 0. The van der Waals surface area contributed by atoms with E-state index in [0.29, 0.717) is 17.9 Å². The van der Waals surface area contributed by atoms with Crippen LogP contribution < -0.4 is 14.2 Å². The van der Waals surface area contributed by atoms with E-state index in [0.717, 1.165) is 43.5 Å². The van der Waals surface area contributed by atoms with E-state index in [1.807, 2.05) is 0 Å². The predicted molar refractivity (Wildman–Crippen MR) is 119 cm³/mol. The van der Waals surface area contributed by atoms with E-state index in [-0.39, 0.29) is 17.1 Å². The Morgan fingerprint density at radius 3 is 1.56 bits per heavy atom. The molecule has 8 heteroatoms. The third kappa shape index (κ3) is 7.10. The van der Waals surface area contributed by atoms with Crippen molar-refractivity contribution in [3.05, 3.63) is 89.5 Å². The van der Waals surface area contributed by atoms with Gasteiger partial charge in [-0.25, -0.2) is 9.59 Å². The van der Waals surface area contributed by atoms with Gasteiger partial charge in [0.1, 0.15) is 17.2 Å². The summed E-state index contributed by atoms with van der Waals surface area (Å²) in [6.07, 6.45) is -1.32. The largest absolute Gasteiger partial charge is 0.494 e. The second-order valence-electron chi connectivity index (χ2n) is 7.41. The van der Waals surface area contributed by atoms with E-state index in [9.17, 15) is 22.8 Å². The van der Waals surface area contributed by atoms with Crippen molar-refractivity contribution in [2.75, 3.05) is 6.61 Å². The van der Waals surface area contributed by atoms with Crippen LogP contribution in [0.25, 0.3) is 0 Å². The fourth-order valence-corrected chi connectivity index (χ4v) is 2.93. The van der Waals surface area contributed by atoms with Gasteiger partial charge < -0.3 is 14.2 Å². The lowest BCUT2D eigenvalue weighted by molar-refractivity contribution is -0.137. The maximum atomic E-state index is 12.6. The van der Waals surface area contributed by atoms with Crippen molar-refractivity contribution in [1.82, 2.24) is 0 Å². The van der Waals surface area contributed by atoms with Crippen LogP contribution in [0.5, 0.6) is 17.2 Å². The number of carbonyl (C=O) groups is 2. The molecule has 0 aliphatic heterocycles. The molecule has 0 saturated heterocycles. The summed E-state index contributed by atoms with van der Waals surface area (Å²) in [6, 6.07) is 16.0. The van der Waals surface area contributed by atoms with Crippen LogP contribution in [-0.4, -0.2) is 18.5 Å². The Bertz CT molecular complexity index is 1090. The van der Waals surface area contributed by atoms with Gasteiger partial charge in [0.15, 0.2) is 0 Å². The summed E-state index contributed by atoms with van der Waals surface area (Å²) < 4.78 is 54.0. The average Bonchev–Trinajstić information content (AvgIpc) is 2.83. The zero-order valence-electron chi connectivity index (χ0n) is 18.4. The Kier molecular flexibility index (Phi) is 8.29. The summed E-state index contributed by atoms with van der Waals surface area (Å²) in [4.78, 5) is 24.5. The van der Waals surface area contributed by atoms with Crippen LogP contribution >= 0.6 is 0 Å². The molecule has 0 aromatic heterocycles. The van der Waals surface area contributed by atoms with Gasteiger partial charge in [-0.15, -0.1) is 0 Å². The Balaban J connectivity index is 1.53. The van der Waals surface area contributed by atoms with Crippen molar-refractivity contribution in [2.45, 2.75) is 32.4 Å². The quantitative estimate of drug-likeness (QED) is 0.197. The molecule has 5 nitrogen and oxygen atoms in total. The number of rotatable bonds is 9. The third-order valence-electron chi connectivity index (χ3n) is 4.80. The lowest BCUT2D eigenvalue weighted by atomic mass is 10.1. The molecule has 0 atom stereocenters. The van der Waals surface area contributed by atoms with Crippen molar-refractivity contribution in [1.29, 1.82) is 0 Å². The van der Waals surface area contributed by atoms with Gasteiger partial charge in [-0.1, -0.05) is 19.8 Å². The number of benzene rings is 3. The molecule has 0 aliphatic carbocycles. The minimum absolute atomic E-state index is 0.0266. The van der Waals surface area contributed by atoms with E-state index in [1.54, 1.807) is 24.3 Å². The van der Waals surface area contributed by atoms with E-state index in [2.05, 4.69) is 6.92 Å². The summed E-state index contributed by atoms with van der Waals surface area (Å²) in [5.41, 5.74) is -0.538. The molecule has 34 heavy (non-hydrogen) atoms. The molecule has 3 aromatic rings. The molecule has 0 heterocycles. The van der Waals surface area contributed by atoms with Crippen molar-refractivity contribution >= 4 is 11.9 Å². The van der Waals surface area contributed by atoms with Gasteiger partial charge in [0.05, 0.1) is 23.3 Å². The highest BCUT2D eigenvalue weighted by Gasteiger charge is 2.30. The first-order valence-electron chi connectivity index (χ1n) is 10.7. The minimum Gasteiger partial charge on any atom is -0.494 e. The van der Waals surface area contributed by atoms with Crippen molar-refractivity contribution in [2.24, 2.45) is 0 Å². The molecule has 0 aliphatic rings. The van der Waals surface area contributed by atoms with Crippen LogP contribution in [0.2, 0.25) is 0 Å². The molecule has 3 aromatic carbocycles. The zero-order chi connectivity index (χ0) is 24.6. The number of halogens is 3. The van der Waals surface area contributed by atoms with Crippen LogP contribution in [0.4, 0.5) is 13.2 Å². The lowest BCUT2D eigenvalue weighted by Crippen LogP contribution is -2.10. The first-order valence-corrected chi connectivity index (χ1v) is 10.7. The SMILES string of the molecule is CCCCCOc1ccc(C(=O)Oc2ccc(OC(=O)c3ccc(C(F)(F)F)cc3)cc2)cc1. The molecule has 0 N–H and O–H groups in total. The fraction of sp³-hybridized carbons (Fsp3) is 0.231. The van der Waals surface area contributed by atoms with Gasteiger partial charge in [0.25, 0.3) is 0 Å². The van der Waals surface area contributed by atoms with E-state index in [1.165, 1.54) is 24.3 Å². The number of alkyl halides is 3. The molecular formula is C26H23F3O5. The first kappa shape index (κ1) is 24.8. The Hall–Kier alpha value is -3.81. The summed E-state index contributed by atoms with van der Waals surface area (Å²) in [6.45, 7) is 2.73. The van der Waals surface area contributed by atoms with Crippen LogP contribution in [-0.2, 0) is 6.18 Å². The van der Waals surface area contributed by atoms with E-state index in [4.69, 9.17) is 14.2 Å². The topological polar surface area (TPSA) is 61.8 Å². The molecular weight excluding hydrogens is 449 g/mol. The highest BCUT2D eigenvalue weighted by Crippen LogP contribution is 2.29. The Morgan fingerprint density at radius 2 is 1.12 bits per heavy atom. The van der Waals surface area contributed by atoms with Crippen molar-refractivity contribution in [3.63, 3.8) is 0 Å². The van der Waals surface area contributed by atoms with Gasteiger partial charge >= 0.3 is 18.1 Å². The number of ether oxygens (including phenoxy) is 3. The normalized spacial score (nSPS) is 11.1. The highest BCUT2D eigenvalue weighted by atomic mass is 19.4. The number of esters is 2. The minimum atomic E-state index is -4.49. The van der Waals surface area contributed by atoms with Crippen molar-refractivity contribution < 1.29 is 37.0 Å². The Morgan fingerprint density at radius 1 is 0.676 bits per heavy atom. The van der Waals surface area contributed by atoms with E-state index < -0.39 is 23.7 Å². The summed E-state index contributed by atoms with van der Waals surface area (Å²) >= 11 is 0. The molecule has 0 fully saturated rings. The zero-order valence-corrected chi connectivity index (χ0v) is 18.4. The second-order valence-corrected chi connectivity index (χ2v) is 7.41. The van der Waals surface area contributed by atoms with Gasteiger partial charge in [0, 0.05) is 0 Å². The molecule has 178 valence electrons. The number of carbonyl (C=O) groups excluding carboxylic acids is 2. The van der Waals surface area contributed by atoms with Crippen LogP contribution in [0.1, 0.15) is 52.5 Å². The number of hydrogen-bond donors (Lipinski definition) is 0. The monoisotopic (exact) mass is 472 g/mol. The highest BCUT2D eigenvalue weighted by molar-refractivity contribution is 5.92. The van der Waals surface area contributed by atoms with Crippen molar-refractivity contribution in [3.8, 4) is 17.2 Å².